The second-order valence-corrected chi connectivity index (χ2v) is 5.88. The van der Waals surface area contributed by atoms with Crippen molar-refractivity contribution in [3.63, 3.8) is 0 Å². The standard InChI is InChI=1S/C15H20BrN3O2/c1-4-17-8-11-7-12(5-6-13(11)16)20-9-14-18-15(10(2)3)21-19-14/h5-7,10,17H,4,8-9H2,1-3H3. The van der Waals surface area contributed by atoms with Crippen molar-refractivity contribution in [3.8, 4) is 5.75 Å². The van der Waals surface area contributed by atoms with E-state index in [1.807, 2.05) is 32.0 Å². The van der Waals surface area contributed by atoms with Crippen LogP contribution in [-0.4, -0.2) is 16.7 Å². The fraction of sp³-hybridized carbons (Fsp3) is 0.467. The molecule has 0 aliphatic carbocycles. The molecule has 0 fully saturated rings. The first kappa shape index (κ1) is 16.0. The summed E-state index contributed by atoms with van der Waals surface area (Å²) in [6, 6.07) is 5.91. The summed E-state index contributed by atoms with van der Waals surface area (Å²) < 4.78 is 11.9. The molecule has 5 nitrogen and oxygen atoms in total. The molecule has 0 radical (unpaired) electrons. The number of ether oxygens (including phenoxy) is 1. The van der Waals surface area contributed by atoms with Crippen molar-refractivity contribution in [2.24, 2.45) is 0 Å². The van der Waals surface area contributed by atoms with Crippen molar-refractivity contribution in [1.82, 2.24) is 15.5 Å². The average molecular weight is 354 g/mol. The predicted octanol–water partition coefficient (Wildman–Crippen LogP) is 3.64. The minimum atomic E-state index is 0.227. The second-order valence-electron chi connectivity index (χ2n) is 5.03. The molecule has 0 saturated heterocycles. The molecule has 2 aromatic rings. The molecule has 0 amide bonds. The Morgan fingerprint density at radius 2 is 2.19 bits per heavy atom. The fourth-order valence-electron chi connectivity index (χ4n) is 1.74. The number of nitrogens with zero attached hydrogens (tertiary/aromatic N) is 2. The molecule has 0 aliphatic rings. The van der Waals surface area contributed by atoms with Gasteiger partial charge >= 0.3 is 0 Å². The Morgan fingerprint density at radius 1 is 1.38 bits per heavy atom. The molecule has 6 heteroatoms. The Morgan fingerprint density at radius 3 is 2.86 bits per heavy atom. The minimum Gasteiger partial charge on any atom is -0.485 e. The van der Waals surface area contributed by atoms with E-state index in [2.05, 4.69) is 38.3 Å². The first-order valence-corrected chi connectivity index (χ1v) is 7.84. The van der Waals surface area contributed by atoms with Gasteiger partial charge in [-0.3, -0.25) is 0 Å². The molecule has 1 aromatic carbocycles. The van der Waals surface area contributed by atoms with Crippen LogP contribution in [0.25, 0.3) is 0 Å². The Hall–Kier alpha value is -1.40. The molecular formula is C15H20BrN3O2. The average Bonchev–Trinajstić information content (AvgIpc) is 2.94. The molecule has 114 valence electrons. The van der Waals surface area contributed by atoms with E-state index < -0.39 is 0 Å². The molecule has 0 spiro atoms. The van der Waals surface area contributed by atoms with Crippen molar-refractivity contribution in [2.45, 2.75) is 39.8 Å². The van der Waals surface area contributed by atoms with E-state index in [-0.39, 0.29) is 5.92 Å². The van der Waals surface area contributed by atoms with Crippen molar-refractivity contribution in [1.29, 1.82) is 0 Å². The number of aromatic nitrogens is 2. The molecule has 0 bridgehead atoms. The van der Waals surface area contributed by atoms with Crippen LogP contribution in [0.4, 0.5) is 0 Å². The normalized spacial score (nSPS) is 11.1. The van der Waals surface area contributed by atoms with E-state index in [1.54, 1.807) is 0 Å². The molecule has 1 N–H and O–H groups in total. The van der Waals surface area contributed by atoms with Crippen LogP contribution in [0.15, 0.2) is 27.2 Å². The van der Waals surface area contributed by atoms with Crippen LogP contribution in [0.3, 0.4) is 0 Å². The van der Waals surface area contributed by atoms with Crippen molar-refractivity contribution in [2.75, 3.05) is 6.54 Å². The lowest BCUT2D eigenvalue weighted by molar-refractivity contribution is 0.284. The van der Waals surface area contributed by atoms with Gasteiger partial charge in [0, 0.05) is 16.9 Å². The van der Waals surface area contributed by atoms with Crippen LogP contribution in [-0.2, 0) is 13.2 Å². The zero-order valence-electron chi connectivity index (χ0n) is 12.5. The lowest BCUT2D eigenvalue weighted by Gasteiger charge is -2.09. The lowest BCUT2D eigenvalue weighted by Crippen LogP contribution is -2.12. The summed E-state index contributed by atoms with van der Waals surface area (Å²) in [6.07, 6.45) is 0. The van der Waals surface area contributed by atoms with Crippen molar-refractivity contribution >= 4 is 15.9 Å². The summed E-state index contributed by atoms with van der Waals surface area (Å²) >= 11 is 3.54. The zero-order chi connectivity index (χ0) is 15.2. The number of hydrogen-bond donors (Lipinski definition) is 1. The first-order chi connectivity index (χ1) is 10.1. The van der Waals surface area contributed by atoms with Crippen molar-refractivity contribution < 1.29 is 9.26 Å². The lowest BCUT2D eigenvalue weighted by atomic mass is 10.2. The van der Waals surface area contributed by atoms with Gasteiger partial charge in [0.05, 0.1) is 0 Å². The highest BCUT2D eigenvalue weighted by Crippen LogP contribution is 2.23. The molecular weight excluding hydrogens is 334 g/mol. The van der Waals surface area contributed by atoms with E-state index in [1.165, 1.54) is 0 Å². The van der Waals surface area contributed by atoms with E-state index in [0.717, 1.165) is 28.9 Å². The SMILES string of the molecule is CCNCc1cc(OCc2noc(C(C)C)n2)ccc1Br. The quantitative estimate of drug-likeness (QED) is 0.823. The molecule has 0 atom stereocenters. The van der Waals surface area contributed by atoms with Gasteiger partial charge in [-0.25, -0.2) is 0 Å². The van der Waals surface area contributed by atoms with Gasteiger partial charge in [0.15, 0.2) is 6.61 Å². The zero-order valence-corrected chi connectivity index (χ0v) is 14.1. The summed E-state index contributed by atoms with van der Waals surface area (Å²) in [4.78, 5) is 4.29. The monoisotopic (exact) mass is 353 g/mol. The highest BCUT2D eigenvalue weighted by molar-refractivity contribution is 9.10. The number of rotatable bonds is 7. The number of benzene rings is 1. The molecule has 21 heavy (non-hydrogen) atoms. The van der Waals surface area contributed by atoms with Crippen LogP contribution in [0, 0.1) is 0 Å². The van der Waals surface area contributed by atoms with Gasteiger partial charge < -0.3 is 14.6 Å². The number of hydrogen-bond acceptors (Lipinski definition) is 5. The highest BCUT2D eigenvalue weighted by atomic mass is 79.9. The maximum atomic E-state index is 5.73. The van der Waals surface area contributed by atoms with Gasteiger partial charge in [-0.15, -0.1) is 0 Å². The Balaban J connectivity index is 1.98. The smallest absolute Gasteiger partial charge is 0.229 e. The summed E-state index contributed by atoms with van der Waals surface area (Å²) in [6.45, 7) is 8.14. The van der Waals surface area contributed by atoms with Crippen molar-refractivity contribution in [3.05, 3.63) is 40.0 Å². The van der Waals surface area contributed by atoms with E-state index in [4.69, 9.17) is 9.26 Å². The Bertz CT molecular complexity index is 584. The van der Waals surface area contributed by atoms with Gasteiger partial charge in [-0.2, -0.15) is 4.98 Å². The van der Waals surface area contributed by atoms with Gasteiger partial charge in [0.1, 0.15) is 5.75 Å². The maximum absolute atomic E-state index is 5.73. The van der Waals surface area contributed by atoms with Gasteiger partial charge in [0.2, 0.25) is 11.7 Å². The van der Waals surface area contributed by atoms with E-state index >= 15 is 0 Å². The van der Waals surface area contributed by atoms with E-state index in [9.17, 15) is 0 Å². The topological polar surface area (TPSA) is 60.2 Å². The third-order valence-electron chi connectivity index (χ3n) is 2.93. The third-order valence-corrected chi connectivity index (χ3v) is 3.70. The van der Waals surface area contributed by atoms with Crippen LogP contribution < -0.4 is 10.1 Å². The second kappa shape index (κ2) is 7.56. The summed E-state index contributed by atoms with van der Waals surface area (Å²) in [5, 5.41) is 7.21. The minimum absolute atomic E-state index is 0.227. The third kappa shape index (κ3) is 4.54. The summed E-state index contributed by atoms with van der Waals surface area (Å²) in [7, 11) is 0. The maximum Gasteiger partial charge on any atom is 0.229 e. The number of nitrogens with one attached hydrogen (secondary N) is 1. The Labute approximate surface area is 133 Å². The molecule has 0 unspecified atom stereocenters. The van der Waals surface area contributed by atoms with Crippen LogP contribution in [0.2, 0.25) is 0 Å². The van der Waals surface area contributed by atoms with Crippen LogP contribution in [0.5, 0.6) is 5.75 Å². The van der Waals surface area contributed by atoms with Gasteiger partial charge in [-0.1, -0.05) is 41.9 Å². The van der Waals surface area contributed by atoms with E-state index in [0.29, 0.717) is 18.3 Å². The van der Waals surface area contributed by atoms with Crippen LogP contribution >= 0.6 is 15.9 Å². The Kier molecular flexibility index (Phi) is 5.76. The van der Waals surface area contributed by atoms with Crippen LogP contribution in [0.1, 0.15) is 44.0 Å². The summed E-state index contributed by atoms with van der Waals surface area (Å²) in [5.41, 5.74) is 1.16. The molecule has 0 aliphatic heterocycles. The number of halogens is 1. The van der Waals surface area contributed by atoms with Gasteiger partial charge in [-0.05, 0) is 30.3 Å². The molecule has 1 heterocycles. The fourth-order valence-corrected chi connectivity index (χ4v) is 2.13. The first-order valence-electron chi connectivity index (χ1n) is 7.04. The molecule has 0 saturated carbocycles. The molecule has 1 aromatic heterocycles. The van der Waals surface area contributed by atoms with Gasteiger partial charge in [0.25, 0.3) is 0 Å². The molecule has 2 rings (SSSR count). The summed E-state index contributed by atoms with van der Waals surface area (Å²) in [5.74, 6) is 2.22. The predicted molar refractivity (Wildman–Crippen MR) is 84.2 cm³/mol. The highest BCUT2D eigenvalue weighted by Gasteiger charge is 2.10. The largest absolute Gasteiger partial charge is 0.485 e.